The van der Waals surface area contributed by atoms with Crippen molar-refractivity contribution in [3.05, 3.63) is 47.2 Å². The average molecular weight is 286 g/mol. The summed E-state index contributed by atoms with van der Waals surface area (Å²) in [6.07, 6.45) is 8.39. The highest BCUT2D eigenvalue weighted by Gasteiger charge is 2.13. The van der Waals surface area contributed by atoms with E-state index < -0.39 is 0 Å². The van der Waals surface area contributed by atoms with Crippen LogP contribution in [0.15, 0.2) is 46.5 Å². The number of aromatic nitrogens is 2. The fraction of sp³-hybridized carbons (Fsp3) is 0.214. The van der Waals surface area contributed by atoms with Crippen LogP contribution in [-0.4, -0.2) is 28.2 Å². The van der Waals surface area contributed by atoms with Crippen LogP contribution in [0.1, 0.15) is 16.9 Å². The number of carbonyl (C=O) groups excluding carboxylic acids is 1. The number of allylic oxidation sites excluding steroid dienone is 1. The van der Waals surface area contributed by atoms with Crippen LogP contribution in [0.4, 0.5) is 5.13 Å². The van der Waals surface area contributed by atoms with E-state index in [4.69, 9.17) is 0 Å². The minimum absolute atomic E-state index is 0.130. The van der Waals surface area contributed by atoms with Gasteiger partial charge in [-0.3, -0.25) is 15.1 Å². The molecular formula is C14H14N4OS. The molecule has 0 saturated heterocycles. The Hall–Kier alpha value is -2.21. The zero-order chi connectivity index (χ0) is 13.8. The summed E-state index contributed by atoms with van der Waals surface area (Å²) in [5.74, 6) is -0.130. The molecule has 1 N–H and O–H groups in total. The van der Waals surface area contributed by atoms with Crippen LogP contribution < -0.4 is 5.32 Å². The van der Waals surface area contributed by atoms with Gasteiger partial charge in [-0.1, -0.05) is 0 Å². The number of carbonyl (C=O) groups is 1. The predicted octanol–water partition coefficient (Wildman–Crippen LogP) is 2.60. The second-order valence-corrected chi connectivity index (χ2v) is 5.34. The van der Waals surface area contributed by atoms with E-state index in [0.29, 0.717) is 10.8 Å². The highest BCUT2D eigenvalue weighted by molar-refractivity contribution is 7.13. The highest BCUT2D eigenvalue weighted by Crippen LogP contribution is 2.15. The van der Waals surface area contributed by atoms with Gasteiger partial charge in [0, 0.05) is 37.1 Å². The molecule has 1 aliphatic heterocycles. The van der Waals surface area contributed by atoms with Crippen LogP contribution in [0.5, 0.6) is 0 Å². The molecule has 0 atom stereocenters. The van der Waals surface area contributed by atoms with E-state index in [1.54, 1.807) is 6.20 Å². The van der Waals surface area contributed by atoms with E-state index in [9.17, 15) is 4.79 Å². The Balaban J connectivity index is 1.74. The molecule has 0 radical (unpaired) electrons. The van der Waals surface area contributed by atoms with Gasteiger partial charge in [-0.05, 0) is 30.2 Å². The van der Waals surface area contributed by atoms with Gasteiger partial charge in [0.2, 0.25) is 0 Å². The summed E-state index contributed by atoms with van der Waals surface area (Å²) in [6, 6.07) is 3.70. The van der Waals surface area contributed by atoms with Crippen molar-refractivity contribution in [3.8, 4) is 0 Å². The first-order valence-corrected chi connectivity index (χ1v) is 7.25. The zero-order valence-corrected chi connectivity index (χ0v) is 11.6. The molecule has 0 unspecified atom stereocenters. The molecule has 3 heterocycles. The predicted molar refractivity (Wildman–Crippen MR) is 80.6 cm³/mol. The lowest BCUT2D eigenvalue weighted by Gasteiger charge is -2.12. The second-order valence-electron chi connectivity index (χ2n) is 4.44. The topological polar surface area (TPSA) is 59.3 Å². The van der Waals surface area contributed by atoms with E-state index in [1.165, 1.54) is 16.9 Å². The van der Waals surface area contributed by atoms with Crippen molar-refractivity contribution in [1.29, 1.82) is 0 Å². The number of amides is 1. The third-order valence-electron chi connectivity index (χ3n) is 3.07. The average Bonchev–Trinajstić information content (AvgIpc) is 3.11. The summed E-state index contributed by atoms with van der Waals surface area (Å²) in [7, 11) is 0. The van der Waals surface area contributed by atoms with Crippen LogP contribution in [0.2, 0.25) is 0 Å². The van der Waals surface area contributed by atoms with Gasteiger partial charge in [-0.15, -0.1) is 11.3 Å². The summed E-state index contributed by atoms with van der Waals surface area (Å²) >= 11 is 1.41. The van der Waals surface area contributed by atoms with Crippen molar-refractivity contribution in [2.75, 3.05) is 11.9 Å². The van der Waals surface area contributed by atoms with Crippen molar-refractivity contribution in [2.45, 2.75) is 13.0 Å². The molecule has 0 aromatic carbocycles. The molecular weight excluding hydrogens is 272 g/mol. The fourth-order valence-corrected chi connectivity index (χ4v) is 2.60. The minimum atomic E-state index is -0.130. The lowest BCUT2D eigenvalue weighted by atomic mass is 10.1. The Kier molecular flexibility index (Phi) is 3.73. The van der Waals surface area contributed by atoms with Gasteiger partial charge >= 0.3 is 0 Å². The van der Waals surface area contributed by atoms with Crippen molar-refractivity contribution in [3.63, 3.8) is 0 Å². The number of thiazole rings is 1. The number of aliphatic imine (C=N–C) groups is 1. The van der Waals surface area contributed by atoms with Crippen LogP contribution in [-0.2, 0) is 6.54 Å². The van der Waals surface area contributed by atoms with Crippen LogP contribution in [0, 0.1) is 0 Å². The molecule has 2 aromatic rings. The SMILES string of the molecule is O=C(Nc1nccs1)c1cccn1CC1=CC=NCC1. The Bertz CT molecular complexity index is 655. The smallest absolute Gasteiger partial charge is 0.274 e. The van der Waals surface area contributed by atoms with E-state index in [1.807, 2.05) is 40.6 Å². The van der Waals surface area contributed by atoms with Crippen molar-refractivity contribution in [1.82, 2.24) is 9.55 Å². The monoisotopic (exact) mass is 286 g/mol. The Morgan fingerprint density at radius 3 is 3.20 bits per heavy atom. The van der Waals surface area contributed by atoms with Gasteiger partial charge in [0.1, 0.15) is 5.69 Å². The molecule has 1 aliphatic rings. The van der Waals surface area contributed by atoms with E-state index in [-0.39, 0.29) is 5.91 Å². The van der Waals surface area contributed by atoms with Crippen molar-refractivity contribution in [2.24, 2.45) is 4.99 Å². The molecule has 0 aliphatic carbocycles. The number of nitrogens with zero attached hydrogens (tertiary/aromatic N) is 3. The molecule has 20 heavy (non-hydrogen) atoms. The zero-order valence-electron chi connectivity index (χ0n) is 10.8. The molecule has 1 amide bonds. The highest BCUT2D eigenvalue weighted by atomic mass is 32.1. The summed E-state index contributed by atoms with van der Waals surface area (Å²) in [6.45, 7) is 1.55. The van der Waals surface area contributed by atoms with E-state index in [2.05, 4.69) is 15.3 Å². The third kappa shape index (κ3) is 2.85. The van der Waals surface area contributed by atoms with Gasteiger partial charge < -0.3 is 4.57 Å². The number of anilines is 1. The van der Waals surface area contributed by atoms with Crippen molar-refractivity contribution < 1.29 is 4.79 Å². The maximum atomic E-state index is 12.2. The van der Waals surface area contributed by atoms with Gasteiger partial charge in [0.15, 0.2) is 5.13 Å². The largest absolute Gasteiger partial charge is 0.339 e. The standard InChI is InChI=1S/C14H14N4OS/c19-13(17-14-16-7-9-20-14)12-2-1-8-18(12)10-11-3-5-15-6-4-11/h1-3,5,7-9H,4,6,10H2,(H,16,17,19). The number of dihydropyridines is 1. The second kappa shape index (κ2) is 5.83. The molecule has 0 saturated carbocycles. The summed E-state index contributed by atoms with van der Waals surface area (Å²) in [4.78, 5) is 20.5. The van der Waals surface area contributed by atoms with Crippen LogP contribution in [0.3, 0.4) is 0 Å². The molecule has 3 rings (SSSR count). The maximum Gasteiger partial charge on any atom is 0.274 e. The normalized spacial score (nSPS) is 14.1. The Morgan fingerprint density at radius 1 is 1.50 bits per heavy atom. The number of hydrogen-bond donors (Lipinski definition) is 1. The van der Waals surface area contributed by atoms with E-state index >= 15 is 0 Å². The van der Waals surface area contributed by atoms with Gasteiger partial charge in [-0.2, -0.15) is 0 Å². The lowest BCUT2D eigenvalue weighted by molar-refractivity contribution is 0.101. The first-order valence-electron chi connectivity index (χ1n) is 6.37. The first kappa shape index (κ1) is 12.8. The summed E-state index contributed by atoms with van der Waals surface area (Å²) in [5.41, 5.74) is 1.92. The van der Waals surface area contributed by atoms with Crippen molar-refractivity contribution >= 4 is 28.6 Å². The first-order chi connectivity index (χ1) is 9.83. The quantitative estimate of drug-likeness (QED) is 0.939. The van der Waals surface area contributed by atoms with E-state index in [0.717, 1.165) is 19.5 Å². The Morgan fingerprint density at radius 2 is 2.45 bits per heavy atom. The summed E-state index contributed by atoms with van der Waals surface area (Å²) in [5, 5.41) is 5.26. The molecule has 0 bridgehead atoms. The number of nitrogens with one attached hydrogen (secondary N) is 1. The lowest BCUT2D eigenvalue weighted by Crippen LogP contribution is -2.17. The van der Waals surface area contributed by atoms with Gasteiger partial charge in [0.05, 0.1) is 0 Å². The summed E-state index contributed by atoms with van der Waals surface area (Å²) < 4.78 is 1.95. The fourth-order valence-electron chi connectivity index (χ4n) is 2.08. The molecule has 2 aromatic heterocycles. The van der Waals surface area contributed by atoms with Gasteiger partial charge in [-0.25, -0.2) is 4.98 Å². The molecule has 0 fully saturated rings. The van der Waals surface area contributed by atoms with Gasteiger partial charge in [0.25, 0.3) is 5.91 Å². The molecule has 102 valence electrons. The molecule has 0 spiro atoms. The van der Waals surface area contributed by atoms with Crippen LogP contribution >= 0.6 is 11.3 Å². The number of hydrogen-bond acceptors (Lipinski definition) is 4. The minimum Gasteiger partial charge on any atom is -0.339 e. The van der Waals surface area contributed by atoms with Crippen LogP contribution in [0.25, 0.3) is 0 Å². The molecule has 5 nitrogen and oxygen atoms in total. The Labute approximate surface area is 120 Å². The maximum absolute atomic E-state index is 12.2. The third-order valence-corrected chi connectivity index (χ3v) is 3.75. The molecule has 6 heteroatoms. The number of rotatable bonds is 4.